The molecular formula is C13H23N3O. The van der Waals surface area contributed by atoms with Crippen LogP contribution in [0.4, 0.5) is 4.79 Å². The highest BCUT2D eigenvalue weighted by Crippen LogP contribution is 2.40. The summed E-state index contributed by atoms with van der Waals surface area (Å²) in [6.45, 7) is 7.28. The summed E-state index contributed by atoms with van der Waals surface area (Å²) in [5, 5.41) is 0. The first-order valence-electron chi connectivity index (χ1n) is 6.62. The molecule has 0 aromatic carbocycles. The Balaban J connectivity index is 2.22. The fourth-order valence-corrected chi connectivity index (χ4v) is 2.97. The molecule has 17 heavy (non-hydrogen) atoms. The van der Waals surface area contributed by atoms with E-state index in [9.17, 15) is 4.79 Å². The fraction of sp³-hybridized carbons (Fsp3) is 0.846. The number of carbonyl (C=O) groups is 1. The summed E-state index contributed by atoms with van der Waals surface area (Å²) < 4.78 is 0. The number of carbonyl (C=O) groups excluding carboxylic acids is 1. The predicted molar refractivity (Wildman–Crippen MR) is 68.9 cm³/mol. The van der Waals surface area contributed by atoms with Crippen LogP contribution in [0.3, 0.4) is 0 Å². The maximum absolute atomic E-state index is 11.9. The molecule has 1 saturated carbocycles. The topological polar surface area (TPSA) is 58.7 Å². The van der Waals surface area contributed by atoms with E-state index in [0.717, 1.165) is 38.1 Å². The lowest BCUT2D eigenvalue weighted by Gasteiger charge is -2.43. The Bertz CT molecular complexity index is 341. The van der Waals surface area contributed by atoms with Crippen LogP contribution in [0, 0.1) is 11.8 Å². The summed E-state index contributed by atoms with van der Waals surface area (Å²) in [5.41, 5.74) is 5.78. The molecule has 0 saturated heterocycles. The van der Waals surface area contributed by atoms with Crippen molar-refractivity contribution < 1.29 is 4.79 Å². The van der Waals surface area contributed by atoms with E-state index >= 15 is 0 Å². The Morgan fingerprint density at radius 2 is 2.06 bits per heavy atom. The van der Waals surface area contributed by atoms with Crippen LogP contribution in [0.15, 0.2) is 4.99 Å². The first kappa shape index (κ1) is 12.4. The summed E-state index contributed by atoms with van der Waals surface area (Å²) in [7, 11) is 0. The summed E-state index contributed by atoms with van der Waals surface area (Å²) in [4.78, 5) is 17.9. The summed E-state index contributed by atoms with van der Waals surface area (Å²) in [5.74, 6) is 1.75. The third-order valence-electron chi connectivity index (χ3n) is 4.09. The van der Waals surface area contributed by atoms with Gasteiger partial charge in [-0.15, -0.1) is 0 Å². The van der Waals surface area contributed by atoms with Gasteiger partial charge in [0.15, 0.2) is 0 Å². The first-order chi connectivity index (χ1) is 7.95. The third-order valence-corrected chi connectivity index (χ3v) is 4.09. The molecule has 1 heterocycles. The molecule has 0 aromatic rings. The molecule has 96 valence electrons. The van der Waals surface area contributed by atoms with Crippen molar-refractivity contribution in [1.29, 1.82) is 0 Å². The van der Waals surface area contributed by atoms with E-state index in [2.05, 4.69) is 25.8 Å². The van der Waals surface area contributed by atoms with Crippen molar-refractivity contribution in [3.05, 3.63) is 0 Å². The number of urea groups is 1. The summed E-state index contributed by atoms with van der Waals surface area (Å²) in [6.07, 6.45) is 4.22. The first-order valence-corrected chi connectivity index (χ1v) is 6.62. The highest BCUT2D eigenvalue weighted by atomic mass is 16.2. The van der Waals surface area contributed by atoms with E-state index in [-0.39, 0.29) is 11.6 Å². The van der Waals surface area contributed by atoms with Gasteiger partial charge in [-0.2, -0.15) is 4.99 Å². The second-order valence-corrected chi connectivity index (χ2v) is 6.00. The van der Waals surface area contributed by atoms with Crippen molar-refractivity contribution in [3.8, 4) is 0 Å². The highest BCUT2D eigenvalue weighted by Gasteiger charge is 2.49. The Morgan fingerprint density at radius 3 is 2.59 bits per heavy atom. The van der Waals surface area contributed by atoms with E-state index in [0.29, 0.717) is 11.8 Å². The molecule has 2 aliphatic rings. The Labute approximate surface area is 103 Å². The van der Waals surface area contributed by atoms with E-state index < -0.39 is 0 Å². The van der Waals surface area contributed by atoms with Gasteiger partial charge in [0.05, 0.1) is 0 Å². The fourth-order valence-electron chi connectivity index (χ4n) is 2.97. The molecular weight excluding hydrogens is 214 g/mol. The number of nitrogens with zero attached hydrogens (tertiary/aromatic N) is 2. The molecule has 1 spiro atoms. The standard InChI is InChI=1S/C13H23N3O/c1-9(2)8-16-12(17)15-11(14)13(16)6-4-10(3)5-7-13/h9-10H,4-8H2,1-3H3,(H2,14,15,17). The van der Waals surface area contributed by atoms with Gasteiger partial charge in [-0.25, -0.2) is 4.79 Å². The van der Waals surface area contributed by atoms with Crippen molar-refractivity contribution in [2.45, 2.75) is 52.0 Å². The molecule has 2 N–H and O–H groups in total. The minimum Gasteiger partial charge on any atom is -0.385 e. The van der Waals surface area contributed by atoms with Crippen molar-refractivity contribution >= 4 is 11.9 Å². The van der Waals surface area contributed by atoms with Gasteiger partial charge in [0, 0.05) is 6.54 Å². The largest absolute Gasteiger partial charge is 0.385 e. The van der Waals surface area contributed by atoms with Gasteiger partial charge in [0.25, 0.3) is 0 Å². The minimum atomic E-state index is -0.256. The van der Waals surface area contributed by atoms with Crippen molar-refractivity contribution in [2.75, 3.05) is 6.54 Å². The molecule has 4 nitrogen and oxygen atoms in total. The van der Waals surface area contributed by atoms with Crippen LogP contribution in [-0.4, -0.2) is 28.9 Å². The smallest absolute Gasteiger partial charge is 0.346 e. The molecule has 0 aromatic heterocycles. The second kappa shape index (κ2) is 4.31. The van der Waals surface area contributed by atoms with E-state index in [1.807, 2.05) is 4.90 Å². The molecule has 0 atom stereocenters. The maximum Gasteiger partial charge on any atom is 0.346 e. The van der Waals surface area contributed by atoms with Gasteiger partial charge >= 0.3 is 6.03 Å². The van der Waals surface area contributed by atoms with Gasteiger partial charge < -0.3 is 10.6 Å². The number of hydrogen-bond acceptors (Lipinski definition) is 2. The molecule has 0 unspecified atom stereocenters. The zero-order valence-electron chi connectivity index (χ0n) is 11.1. The zero-order chi connectivity index (χ0) is 12.6. The third kappa shape index (κ3) is 2.05. The quantitative estimate of drug-likeness (QED) is 0.801. The molecule has 2 rings (SSSR count). The van der Waals surface area contributed by atoms with E-state index in [1.165, 1.54) is 0 Å². The lowest BCUT2D eigenvalue weighted by atomic mass is 9.75. The van der Waals surface area contributed by atoms with Crippen molar-refractivity contribution in [1.82, 2.24) is 4.90 Å². The average molecular weight is 237 g/mol. The van der Waals surface area contributed by atoms with Crippen LogP contribution >= 0.6 is 0 Å². The summed E-state index contributed by atoms with van der Waals surface area (Å²) in [6, 6.07) is -0.134. The number of amidine groups is 1. The number of rotatable bonds is 2. The molecule has 1 aliphatic heterocycles. The zero-order valence-corrected chi connectivity index (χ0v) is 11.1. The number of hydrogen-bond donors (Lipinski definition) is 1. The van der Waals surface area contributed by atoms with E-state index in [1.54, 1.807) is 0 Å². The Morgan fingerprint density at radius 1 is 1.47 bits per heavy atom. The highest BCUT2D eigenvalue weighted by molar-refractivity contribution is 6.05. The van der Waals surface area contributed by atoms with Gasteiger partial charge in [0.1, 0.15) is 11.4 Å². The number of nitrogens with two attached hydrogens (primary N) is 1. The van der Waals surface area contributed by atoms with Gasteiger partial charge in [0.2, 0.25) is 0 Å². The molecule has 1 fully saturated rings. The minimum absolute atomic E-state index is 0.134. The number of aliphatic imine (C=N–C) groups is 1. The van der Waals surface area contributed by atoms with Gasteiger partial charge in [-0.05, 0) is 37.5 Å². The Hall–Kier alpha value is -1.06. The van der Waals surface area contributed by atoms with Crippen molar-refractivity contribution in [3.63, 3.8) is 0 Å². The molecule has 2 amide bonds. The van der Waals surface area contributed by atoms with Crippen LogP contribution in [-0.2, 0) is 0 Å². The SMILES string of the molecule is CC(C)CN1C(=O)N=C(N)C12CCC(C)CC2. The molecule has 4 heteroatoms. The number of amides is 2. The Kier molecular flexibility index (Phi) is 3.15. The van der Waals surface area contributed by atoms with Crippen LogP contribution < -0.4 is 5.73 Å². The summed E-state index contributed by atoms with van der Waals surface area (Å²) >= 11 is 0. The lowest BCUT2D eigenvalue weighted by molar-refractivity contribution is 0.120. The van der Waals surface area contributed by atoms with Crippen LogP contribution in [0.5, 0.6) is 0 Å². The van der Waals surface area contributed by atoms with Crippen LogP contribution in [0.25, 0.3) is 0 Å². The predicted octanol–water partition coefficient (Wildman–Crippen LogP) is 2.38. The van der Waals surface area contributed by atoms with Crippen molar-refractivity contribution in [2.24, 2.45) is 22.6 Å². The second-order valence-electron chi connectivity index (χ2n) is 6.00. The molecule has 0 radical (unpaired) electrons. The van der Waals surface area contributed by atoms with Gasteiger partial charge in [-0.1, -0.05) is 20.8 Å². The van der Waals surface area contributed by atoms with Crippen LogP contribution in [0.1, 0.15) is 46.5 Å². The van der Waals surface area contributed by atoms with Gasteiger partial charge in [-0.3, -0.25) is 0 Å². The molecule has 1 aliphatic carbocycles. The van der Waals surface area contributed by atoms with Crippen LogP contribution in [0.2, 0.25) is 0 Å². The lowest BCUT2D eigenvalue weighted by Crippen LogP contribution is -2.56. The monoisotopic (exact) mass is 237 g/mol. The average Bonchev–Trinajstić information content (AvgIpc) is 2.47. The molecule has 0 bridgehead atoms. The normalized spacial score (nSPS) is 33.6. The maximum atomic E-state index is 11.9. The van der Waals surface area contributed by atoms with E-state index in [4.69, 9.17) is 5.73 Å².